The van der Waals surface area contributed by atoms with Crippen molar-refractivity contribution in [3.05, 3.63) is 23.8 Å². The van der Waals surface area contributed by atoms with Gasteiger partial charge in [0, 0.05) is 31.1 Å². The zero-order valence-electron chi connectivity index (χ0n) is 14.5. The van der Waals surface area contributed by atoms with Crippen molar-refractivity contribution in [2.24, 2.45) is 10.4 Å². The van der Waals surface area contributed by atoms with Crippen molar-refractivity contribution in [2.45, 2.75) is 20.1 Å². The molecule has 0 aromatic heterocycles. The number of hydrogen-bond acceptors (Lipinski definition) is 4. The molecule has 9 heteroatoms. The second-order valence-electron chi connectivity index (χ2n) is 5.93. The smallest absolute Gasteiger partial charge is 0.387 e. The van der Waals surface area contributed by atoms with Crippen molar-refractivity contribution in [1.29, 1.82) is 0 Å². The van der Waals surface area contributed by atoms with Gasteiger partial charge in [0.2, 0.25) is 0 Å². The maximum Gasteiger partial charge on any atom is 0.387 e. The molecule has 0 bridgehead atoms. The Morgan fingerprint density at radius 1 is 1.36 bits per heavy atom. The number of alkyl halides is 2. The summed E-state index contributed by atoms with van der Waals surface area (Å²) in [5.41, 5.74) is 0.646. The minimum absolute atomic E-state index is 0. The molecule has 1 saturated heterocycles. The van der Waals surface area contributed by atoms with E-state index in [1.807, 2.05) is 0 Å². The Morgan fingerprint density at radius 2 is 2.08 bits per heavy atom. The van der Waals surface area contributed by atoms with E-state index in [1.54, 1.807) is 19.2 Å². The average Bonchev–Trinajstić information content (AvgIpc) is 2.54. The van der Waals surface area contributed by atoms with Crippen LogP contribution in [-0.4, -0.2) is 46.5 Å². The molecule has 2 rings (SSSR count). The third-order valence-electron chi connectivity index (χ3n) is 3.74. The van der Waals surface area contributed by atoms with Crippen molar-refractivity contribution >= 4 is 29.9 Å². The predicted octanol–water partition coefficient (Wildman–Crippen LogP) is 2.62. The quantitative estimate of drug-likeness (QED) is 0.364. The highest BCUT2D eigenvalue weighted by Crippen LogP contribution is 2.26. The molecule has 1 fully saturated rings. The molecule has 0 atom stereocenters. The normalized spacial score (nSPS) is 15.8. The van der Waals surface area contributed by atoms with E-state index >= 15 is 0 Å². The number of aliphatic imine (C=N–C) groups is 1. The van der Waals surface area contributed by atoms with E-state index in [9.17, 15) is 8.78 Å². The fourth-order valence-electron chi connectivity index (χ4n) is 2.28. The molecule has 0 saturated carbocycles. The fourth-order valence-corrected chi connectivity index (χ4v) is 2.28. The molecule has 1 aromatic carbocycles. The summed E-state index contributed by atoms with van der Waals surface area (Å²) in [6, 6.07) is 4.69. The van der Waals surface area contributed by atoms with E-state index in [0.717, 1.165) is 0 Å². The second kappa shape index (κ2) is 9.95. The SMILES string of the molecule is CN=C(NCc1cc(OC)ccc1OC(F)F)NCC1(C)COC1.I. The number of hydrogen-bond donors (Lipinski definition) is 2. The highest BCUT2D eigenvalue weighted by molar-refractivity contribution is 14.0. The number of methoxy groups -OCH3 is 1. The Kier molecular flexibility index (Phi) is 8.63. The minimum atomic E-state index is -2.88. The lowest BCUT2D eigenvalue weighted by Gasteiger charge is -2.38. The summed E-state index contributed by atoms with van der Waals surface area (Å²) in [6.07, 6.45) is 0. The number of nitrogens with one attached hydrogen (secondary N) is 2. The van der Waals surface area contributed by atoms with Gasteiger partial charge < -0.3 is 24.8 Å². The van der Waals surface area contributed by atoms with Gasteiger partial charge in [0.25, 0.3) is 0 Å². The van der Waals surface area contributed by atoms with Crippen molar-refractivity contribution in [2.75, 3.05) is 33.9 Å². The van der Waals surface area contributed by atoms with Gasteiger partial charge in [-0.2, -0.15) is 8.78 Å². The Balaban J connectivity index is 0.00000312. The van der Waals surface area contributed by atoms with Gasteiger partial charge in [-0.3, -0.25) is 4.99 Å². The van der Waals surface area contributed by atoms with E-state index < -0.39 is 6.61 Å². The first-order valence-electron chi connectivity index (χ1n) is 7.60. The molecule has 0 spiro atoms. The monoisotopic (exact) mass is 471 g/mol. The summed E-state index contributed by atoms with van der Waals surface area (Å²) in [4.78, 5) is 4.13. The van der Waals surface area contributed by atoms with Crippen LogP contribution in [0.1, 0.15) is 12.5 Å². The molecule has 0 radical (unpaired) electrons. The number of rotatable bonds is 7. The van der Waals surface area contributed by atoms with Gasteiger partial charge in [0.05, 0.1) is 20.3 Å². The van der Waals surface area contributed by atoms with Crippen LogP contribution in [0, 0.1) is 5.41 Å². The van der Waals surface area contributed by atoms with Crippen LogP contribution in [0.3, 0.4) is 0 Å². The lowest BCUT2D eigenvalue weighted by molar-refractivity contribution is -0.0971. The van der Waals surface area contributed by atoms with Crippen molar-refractivity contribution in [3.63, 3.8) is 0 Å². The molecule has 6 nitrogen and oxygen atoms in total. The van der Waals surface area contributed by atoms with Crippen LogP contribution in [-0.2, 0) is 11.3 Å². The van der Waals surface area contributed by atoms with Gasteiger partial charge in [0.1, 0.15) is 11.5 Å². The number of nitrogens with zero attached hydrogens (tertiary/aromatic N) is 1. The molecular weight excluding hydrogens is 447 g/mol. The van der Waals surface area contributed by atoms with Crippen molar-refractivity contribution in [1.82, 2.24) is 10.6 Å². The van der Waals surface area contributed by atoms with E-state index in [4.69, 9.17) is 9.47 Å². The lowest BCUT2D eigenvalue weighted by atomic mass is 9.89. The minimum Gasteiger partial charge on any atom is -0.497 e. The summed E-state index contributed by atoms with van der Waals surface area (Å²) in [5, 5.41) is 6.30. The summed E-state index contributed by atoms with van der Waals surface area (Å²) < 4.78 is 39.9. The van der Waals surface area contributed by atoms with Gasteiger partial charge >= 0.3 is 6.61 Å². The topological polar surface area (TPSA) is 64.1 Å². The predicted molar refractivity (Wildman–Crippen MR) is 102 cm³/mol. The molecule has 142 valence electrons. The standard InChI is InChI=1S/C16H23F2N3O3.HI/c1-16(9-23-10-16)8-21-15(19-2)20-7-11-6-12(22-3)4-5-13(11)24-14(17)18;/h4-6,14H,7-10H2,1-3H3,(H2,19,20,21);1H. The van der Waals surface area contributed by atoms with Crippen LogP contribution in [0.15, 0.2) is 23.2 Å². The molecule has 2 N–H and O–H groups in total. The van der Waals surface area contributed by atoms with Crippen LogP contribution in [0.4, 0.5) is 8.78 Å². The zero-order chi connectivity index (χ0) is 17.6. The van der Waals surface area contributed by atoms with Gasteiger partial charge in [0.15, 0.2) is 5.96 Å². The highest BCUT2D eigenvalue weighted by Gasteiger charge is 2.33. The summed E-state index contributed by atoms with van der Waals surface area (Å²) in [7, 11) is 3.17. The third kappa shape index (κ3) is 6.46. The molecule has 1 heterocycles. The molecule has 0 amide bonds. The van der Waals surface area contributed by atoms with Gasteiger partial charge in [-0.15, -0.1) is 24.0 Å². The van der Waals surface area contributed by atoms with Crippen LogP contribution >= 0.6 is 24.0 Å². The maximum atomic E-state index is 12.5. The van der Waals surface area contributed by atoms with Crippen LogP contribution in [0.5, 0.6) is 11.5 Å². The lowest BCUT2D eigenvalue weighted by Crippen LogP contribution is -2.50. The number of guanidine groups is 1. The zero-order valence-corrected chi connectivity index (χ0v) is 16.8. The Bertz CT molecular complexity index is 584. The molecule has 1 aliphatic heterocycles. The average molecular weight is 471 g/mol. The van der Waals surface area contributed by atoms with Crippen molar-refractivity contribution in [3.8, 4) is 11.5 Å². The first kappa shape index (κ1) is 21.7. The van der Waals surface area contributed by atoms with Gasteiger partial charge in [-0.25, -0.2) is 0 Å². The third-order valence-corrected chi connectivity index (χ3v) is 3.74. The maximum absolute atomic E-state index is 12.5. The van der Waals surface area contributed by atoms with Gasteiger partial charge in [-0.05, 0) is 18.2 Å². The van der Waals surface area contributed by atoms with Crippen LogP contribution < -0.4 is 20.1 Å². The second-order valence-corrected chi connectivity index (χ2v) is 5.93. The molecule has 0 unspecified atom stereocenters. The first-order valence-corrected chi connectivity index (χ1v) is 7.60. The molecule has 1 aromatic rings. The fraction of sp³-hybridized carbons (Fsp3) is 0.562. The largest absolute Gasteiger partial charge is 0.497 e. The van der Waals surface area contributed by atoms with Crippen LogP contribution in [0.25, 0.3) is 0 Å². The first-order chi connectivity index (χ1) is 11.5. The molecule has 0 aliphatic carbocycles. The summed E-state index contributed by atoms with van der Waals surface area (Å²) in [5.74, 6) is 1.25. The summed E-state index contributed by atoms with van der Waals surface area (Å²) in [6.45, 7) is 1.64. The highest BCUT2D eigenvalue weighted by atomic mass is 127. The Morgan fingerprint density at radius 3 is 2.60 bits per heavy atom. The number of benzene rings is 1. The number of halogens is 3. The summed E-state index contributed by atoms with van der Waals surface area (Å²) >= 11 is 0. The van der Waals surface area contributed by atoms with Crippen LogP contribution in [0.2, 0.25) is 0 Å². The molecule has 25 heavy (non-hydrogen) atoms. The van der Waals surface area contributed by atoms with E-state index in [1.165, 1.54) is 13.2 Å². The van der Waals surface area contributed by atoms with E-state index in [2.05, 4.69) is 27.3 Å². The number of ether oxygens (including phenoxy) is 3. The van der Waals surface area contributed by atoms with Gasteiger partial charge in [-0.1, -0.05) is 6.92 Å². The van der Waals surface area contributed by atoms with E-state index in [0.29, 0.717) is 37.0 Å². The Labute approximate surface area is 163 Å². The van der Waals surface area contributed by atoms with Crippen molar-refractivity contribution < 1.29 is 23.0 Å². The molecular formula is C16H24F2IN3O3. The van der Waals surface area contributed by atoms with E-state index in [-0.39, 0.29) is 41.7 Å². The molecule has 1 aliphatic rings. The Hall–Kier alpha value is -1.36.